The Hall–Kier alpha value is -3.84. The lowest BCUT2D eigenvalue weighted by Gasteiger charge is -2.39. The van der Waals surface area contributed by atoms with Gasteiger partial charge in [-0.15, -0.1) is 0 Å². The van der Waals surface area contributed by atoms with E-state index in [1.165, 1.54) is 18.2 Å². The number of pyridine rings is 1. The maximum atomic E-state index is 14.2. The molecule has 1 aromatic carbocycles. The quantitative estimate of drug-likeness (QED) is 0.408. The first-order valence-corrected chi connectivity index (χ1v) is 11.3. The molecule has 13 heteroatoms. The molecule has 2 aromatic heterocycles. The van der Waals surface area contributed by atoms with Crippen LogP contribution >= 0.6 is 15.9 Å². The van der Waals surface area contributed by atoms with Crippen LogP contribution in [0.5, 0.6) is 0 Å². The summed E-state index contributed by atoms with van der Waals surface area (Å²) in [6.45, 7) is 1.91. The average Bonchev–Trinajstić information content (AvgIpc) is 3.16. The third-order valence-corrected chi connectivity index (χ3v) is 6.33. The third-order valence-electron chi connectivity index (χ3n) is 5.58. The van der Waals surface area contributed by atoms with Gasteiger partial charge in [0.25, 0.3) is 11.8 Å². The predicted molar refractivity (Wildman–Crippen MR) is 127 cm³/mol. The van der Waals surface area contributed by atoms with Gasteiger partial charge in [-0.25, -0.2) is 13.9 Å². The Bertz CT molecular complexity index is 1260. The maximum absolute atomic E-state index is 14.2. The summed E-state index contributed by atoms with van der Waals surface area (Å²) < 4.78 is 15.1. The zero-order chi connectivity index (χ0) is 25.1. The molecule has 2 amide bonds. The van der Waals surface area contributed by atoms with Crippen LogP contribution in [0.1, 0.15) is 27.0 Å². The first-order valence-electron chi connectivity index (χ1n) is 10.5. The number of amides is 2. The fraction of sp³-hybridized carbons (Fsp3) is 0.227. The number of anilines is 2. The number of carbonyl (C=O) groups excluding carboxylic acids is 2. The number of carbonyl (C=O) groups is 3. The van der Waals surface area contributed by atoms with E-state index in [-0.39, 0.29) is 15.9 Å². The number of halogens is 2. The first kappa shape index (κ1) is 24.3. The molecule has 0 radical (unpaired) electrons. The van der Waals surface area contributed by atoms with Gasteiger partial charge in [0, 0.05) is 44.3 Å². The molecule has 1 aliphatic heterocycles. The highest BCUT2D eigenvalue weighted by atomic mass is 79.9. The van der Waals surface area contributed by atoms with Crippen molar-refractivity contribution in [2.24, 2.45) is 5.73 Å². The van der Waals surface area contributed by atoms with Gasteiger partial charge in [-0.3, -0.25) is 19.5 Å². The smallest absolute Gasteiger partial charge is 0.357 e. The minimum Gasteiger partial charge on any atom is -0.476 e. The Morgan fingerprint density at radius 2 is 1.74 bits per heavy atom. The molecule has 4 N–H and O–H groups in total. The minimum absolute atomic E-state index is 0.0728. The molecule has 0 aliphatic carbocycles. The number of hydrogen-bond acceptors (Lipinski definition) is 7. The zero-order valence-corrected chi connectivity index (χ0v) is 19.9. The van der Waals surface area contributed by atoms with Crippen LogP contribution in [0, 0.1) is 5.82 Å². The number of primary amides is 1. The molecular weight excluding hydrogens is 525 g/mol. The average molecular weight is 546 g/mol. The summed E-state index contributed by atoms with van der Waals surface area (Å²) in [5.74, 6) is -3.91. The van der Waals surface area contributed by atoms with Crippen molar-refractivity contribution in [2.75, 3.05) is 36.4 Å². The number of nitrogens with one attached hydrogen (secondary N) is 1. The van der Waals surface area contributed by atoms with E-state index in [1.807, 2.05) is 12.1 Å². The van der Waals surface area contributed by atoms with Crippen molar-refractivity contribution in [1.82, 2.24) is 19.7 Å². The highest BCUT2D eigenvalue weighted by molar-refractivity contribution is 9.10. The van der Waals surface area contributed by atoms with Gasteiger partial charge in [-0.05, 0) is 40.2 Å². The molecule has 3 aromatic rings. The van der Waals surface area contributed by atoms with Crippen LogP contribution in [0.15, 0.2) is 53.3 Å². The standard InChI is InChI=1S/C22H21BrFN7O4/c23-16-17(22(34)35)28-31(19(16)27-20(33)14-3-1-2-4-15(14)24)21(18(25)32)30-11-9-29(10-12-30)13-5-7-26-8-6-13/h1-8,21H,9-12H2,(H2,25,32)(H,27,33)(H,34,35). The van der Waals surface area contributed by atoms with Crippen LogP contribution in [0.3, 0.4) is 0 Å². The van der Waals surface area contributed by atoms with Crippen molar-refractivity contribution in [3.05, 3.63) is 70.3 Å². The van der Waals surface area contributed by atoms with E-state index < -0.39 is 35.5 Å². The van der Waals surface area contributed by atoms with Crippen LogP contribution in [0.2, 0.25) is 0 Å². The maximum Gasteiger partial charge on any atom is 0.357 e. The van der Waals surface area contributed by atoms with E-state index in [2.05, 4.69) is 36.2 Å². The molecule has 1 fully saturated rings. The summed E-state index contributed by atoms with van der Waals surface area (Å²) in [5, 5.41) is 16.1. The molecule has 35 heavy (non-hydrogen) atoms. The monoisotopic (exact) mass is 545 g/mol. The highest BCUT2D eigenvalue weighted by Gasteiger charge is 2.35. The van der Waals surface area contributed by atoms with Crippen LogP contribution in [-0.4, -0.2) is 68.7 Å². The van der Waals surface area contributed by atoms with Gasteiger partial charge in [0.2, 0.25) is 0 Å². The number of benzene rings is 1. The minimum atomic E-state index is -1.39. The lowest BCUT2D eigenvalue weighted by Crippen LogP contribution is -2.52. The largest absolute Gasteiger partial charge is 0.476 e. The fourth-order valence-electron chi connectivity index (χ4n) is 3.90. The van der Waals surface area contributed by atoms with E-state index in [1.54, 1.807) is 17.3 Å². The molecule has 11 nitrogen and oxygen atoms in total. The van der Waals surface area contributed by atoms with Gasteiger partial charge in [-0.2, -0.15) is 5.10 Å². The van der Waals surface area contributed by atoms with Gasteiger partial charge >= 0.3 is 5.97 Å². The first-order chi connectivity index (χ1) is 16.8. The fourth-order valence-corrected chi connectivity index (χ4v) is 4.42. The van der Waals surface area contributed by atoms with Crippen molar-refractivity contribution in [3.63, 3.8) is 0 Å². The summed E-state index contributed by atoms with van der Waals surface area (Å²) in [4.78, 5) is 45.0. The Kier molecular flexibility index (Phi) is 7.07. The van der Waals surface area contributed by atoms with E-state index in [9.17, 15) is 23.9 Å². The second-order valence-electron chi connectivity index (χ2n) is 7.70. The van der Waals surface area contributed by atoms with Crippen LogP contribution in [0.25, 0.3) is 0 Å². The second kappa shape index (κ2) is 10.2. The van der Waals surface area contributed by atoms with Crippen molar-refractivity contribution < 1.29 is 23.9 Å². The number of carboxylic acids is 1. The zero-order valence-electron chi connectivity index (χ0n) is 18.3. The molecule has 0 bridgehead atoms. The molecule has 0 saturated carbocycles. The number of hydrogen-bond donors (Lipinski definition) is 3. The van der Waals surface area contributed by atoms with E-state index in [4.69, 9.17) is 5.73 Å². The molecule has 4 rings (SSSR count). The SMILES string of the molecule is NC(=O)C(N1CCN(c2ccncc2)CC1)n1nc(C(=O)O)c(Br)c1NC(=O)c1ccccc1F. The number of aromatic carboxylic acids is 1. The number of nitrogens with zero attached hydrogens (tertiary/aromatic N) is 5. The van der Waals surface area contributed by atoms with Crippen molar-refractivity contribution in [3.8, 4) is 0 Å². The van der Waals surface area contributed by atoms with Gasteiger partial charge in [0.1, 0.15) is 11.6 Å². The van der Waals surface area contributed by atoms with Gasteiger partial charge < -0.3 is 21.1 Å². The third kappa shape index (κ3) is 5.00. The van der Waals surface area contributed by atoms with Crippen molar-refractivity contribution >= 4 is 45.2 Å². The van der Waals surface area contributed by atoms with E-state index in [0.29, 0.717) is 26.2 Å². The van der Waals surface area contributed by atoms with Gasteiger partial charge in [0.15, 0.2) is 11.9 Å². The Morgan fingerprint density at radius 1 is 1.09 bits per heavy atom. The lowest BCUT2D eigenvalue weighted by molar-refractivity contribution is -0.127. The van der Waals surface area contributed by atoms with E-state index in [0.717, 1.165) is 16.4 Å². The number of carboxylic acid groups (broad SMARTS) is 1. The summed E-state index contributed by atoms with van der Waals surface area (Å²) in [6, 6.07) is 9.08. The number of nitrogens with two attached hydrogens (primary N) is 1. The Labute approximate surface area is 207 Å². The van der Waals surface area contributed by atoms with Gasteiger partial charge in [-0.1, -0.05) is 12.1 Å². The Morgan fingerprint density at radius 3 is 2.34 bits per heavy atom. The number of rotatable bonds is 7. The van der Waals surface area contributed by atoms with Crippen LogP contribution in [-0.2, 0) is 4.79 Å². The molecule has 1 atom stereocenters. The summed E-state index contributed by atoms with van der Waals surface area (Å²) >= 11 is 3.15. The number of piperazine rings is 1. The summed E-state index contributed by atoms with van der Waals surface area (Å²) in [6.07, 6.45) is 2.18. The summed E-state index contributed by atoms with van der Waals surface area (Å²) in [7, 11) is 0. The summed E-state index contributed by atoms with van der Waals surface area (Å²) in [5.41, 5.74) is 6.00. The molecule has 1 saturated heterocycles. The van der Waals surface area contributed by atoms with Crippen LogP contribution < -0.4 is 16.0 Å². The molecule has 1 unspecified atom stereocenters. The predicted octanol–water partition coefficient (Wildman–Crippen LogP) is 1.94. The molecule has 0 spiro atoms. The molecule has 1 aliphatic rings. The highest BCUT2D eigenvalue weighted by Crippen LogP contribution is 2.32. The normalized spacial score (nSPS) is 15.0. The lowest BCUT2D eigenvalue weighted by atomic mass is 10.2. The molecule has 182 valence electrons. The van der Waals surface area contributed by atoms with E-state index >= 15 is 0 Å². The van der Waals surface area contributed by atoms with Crippen LogP contribution in [0.4, 0.5) is 15.9 Å². The second-order valence-corrected chi connectivity index (χ2v) is 8.49. The number of aromatic nitrogens is 3. The Balaban J connectivity index is 1.65. The molecular formula is C22H21BrFN7O4. The van der Waals surface area contributed by atoms with Crippen molar-refractivity contribution in [2.45, 2.75) is 6.17 Å². The van der Waals surface area contributed by atoms with Crippen molar-refractivity contribution in [1.29, 1.82) is 0 Å². The topological polar surface area (TPSA) is 147 Å². The molecule has 3 heterocycles. The van der Waals surface area contributed by atoms with Gasteiger partial charge in [0.05, 0.1) is 10.0 Å².